The number of hydrogen-bond donors (Lipinski definition) is 0. The Morgan fingerprint density at radius 3 is 1.77 bits per heavy atom. The lowest BCUT2D eigenvalue weighted by atomic mass is 9.70. The molecule has 0 saturated carbocycles. The molecule has 2 nitrogen and oxygen atoms in total. The molecule has 0 N–H and O–H groups in total. The highest BCUT2D eigenvalue weighted by molar-refractivity contribution is 8.37. The van der Waals surface area contributed by atoms with E-state index in [-0.39, 0.29) is 16.6 Å². The fraction of sp³-hybridized carbons (Fsp3) is 0.129. The summed E-state index contributed by atoms with van der Waals surface area (Å²) in [6, 6.07) is 75.0. The van der Waals surface area contributed by atoms with Crippen molar-refractivity contribution in [2.75, 3.05) is 0 Å². The van der Waals surface area contributed by atoms with E-state index in [1.54, 1.807) is 16.1 Å². The molecule has 4 bridgehead atoms. The predicted molar refractivity (Wildman–Crippen MR) is 279 cm³/mol. The Bertz CT molecular complexity index is 3700. The number of allylic oxidation sites excluding steroid dienone is 4. The van der Waals surface area contributed by atoms with E-state index in [1.165, 1.54) is 84.4 Å². The van der Waals surface area contributed by atoms with Gasteiger partial charge in [0.2, 0.25) is 0 Å². The molecule has 0 saturated heterocycles. The number of benzene rings is 8. The smallest absolute Gasteiger partial charge is 0.0671 e. The lowest BCUT2D eigenvalue weighted by molar-refractivity contribution is 0.580. The monoisotopic (exact) mass is 886 g/mol. The topological polar surface area (TPSA) is 9.86 Å². The Morgan fingerprint density at radius 1 is 0.470 bits per heavy atom. The van der Waals surface area contributed by atoms with Crippen molar-refractivity contribution in [3.05, 3.63) is 228 Å². The SMILES string of the molecule is CC1C=CC2(C)C3=C1C(C)C=C(C3C)S1(c3cccc(c3)S2(c2ccccc2)c2ccccc2)c2ccccc2-n2c3ccc(-n4c5ccccc5c5ccccc54)cc3c3cccc1c32. The van der Waals surface area contributed by atoms with Gasteiger partial charge in [0.25, 0.3) is 0 Å². The summed E-state index contributed by atoms with van der Waals surface area (Å²) in [7, 11) is -4.03. The average Bonchev–Trinajstić information content (AvgIpc) is 3.88. The van der Waals surface area contributed by atoms with Gasteiger partial charge in [-0.25, -0.2) is 0 Å². The van der Waals surface area contributed by atoms with Crippen molar-refractivity contribution < 1.29 is 0 Å². The van der Waals surface area contributed by atoms with Crippen LogP contribution in [0.25, 0.3) is 55.0 Å². The number of aromatic nitrogens is 2. The van der Waals surface area contributed by atoms with Crippen molar-refractivity contribution in [3.8, 4) is 11.4 Å². The highest BCUT2D eigenvalue weighted by atomic mass is 32.3. The fourth-order valence-corrected chi connectivity index (χ4v) is 23.1. The van der Waals surface area contributed by atoms with Crippen LogP contribution in [-0.2, 0) is 0 Å². The zero-order valence-corrected chi connectivity index (χ0v) is 39.3. The first-order valence-corrected chi connectivity index (χ1v) is 26.8. The van der Waals surface area contributed by atoms with Crippen LogP contribution < -0.4 is 0 Å². The minimum Gasteiger partial charge on any atom is -0.309 e. The number of para-hydroxylation sites is 4. The van der Waals surface area contributed by atoms with Crippen molar-refractivity contribution in [1.29, 1.82) is 0 Å². The van der Waals surface area contributed by atoms with Crippen LogP contribution in [0.2, 0.25) is 0 Å². The quantitative estimate of drug-likeness (QED) is 0.156. The summed E-state index contributed by atoms with van der Waals surface area (Å²) in [4.78, 5) is 10.1. The zero-order chi connectivity index (χ0) is 44.1. The molecule has 8 aromatic carbocycles. The fourth-order valence-electron chi connectivity index (χ4n) is 13.4. The number of fused-ring (bicyclic) bond motifs is 15. The first-order valence-electron chi connectivity index (χ1n) is 23.5. The number of hydrogen-bond acceptors (Lipinski definition) is 0. The van der Waals surface area contributed by atoms with Gasteiger partial charge in [-0.05, 0) is 130 Å². The van der Waals surface area contributed by atoms with Crippen LogP contribution in [0.1, 0.15) is 27.7 Å². The first kappa shape index (κ1) is 38.5. The molecule has 10 aromatic rings. The molecule has 4 heteroatoms. The third-order valence-corrected chi connectivity index (χ3v) is 24.5. The maximum Gasteiger partial charge on any atom is 0.0671 e. The van der Waals surface area contributed by atoms with Crippen molar-refractivity contribution in [2.24, 2.45) is 17.8 Å². The minimum atomic E-state index is -2.06. The van der Waals surface area contributed by atoms with Crippen LogP contribution in [0.15, 0.2) is 258 Å². The third-order valence-electron chi connectivity index (χ3n) is 15.8. The molecular formula is C62H50N2S2. The van der Waals surface area contributed by atoms with Crippen LogP contribution in [0.4, 0.5) is 0 Å². The van der Waals surface area contributed by atoms with Gasteiger partial charge in [-0.3, -0.25) is 0 Å². The van der Waals surface area contributed by atoms with E-state index >= 15 is 0 Å². The van der Waals surface area contributed by atoms with Crippen molar-refractivity contribution in [3.63, 3.8) is 0 Å². The molecule has 4 aliphatic rings. The summed E-state index contributed by atoms with van der Waals surface area (Å²) >= 11 is 0. The molecular weight excluding hydrogens is 837 g/mol. The van der Waals surface area contributed by atoms with Gasteiger partial charge < -0.3 is 9.13 Å². The lowest BCUT2D eigenvalue weighted by Gasteiger charge is -2.59. The molecule has 2 aliphatic carbocycles. The molecule has 2 aliphatic heterocycles. The van der Waals surface area contributed by atoms with Crippen LogP contribution in [-0.4, -0.2) is 13.9 Å². The predicted octanol–water partition coefficient (Wildman–Crippen LogP) is 17.2. The Kier molecular flexibility index (Phi) is 7.98. The highest BCUT2D eigenvalue weighted by Crippen LogP contribution is 2.85. The Morgan fingerprint density at radius 2 is 1.05 bits per heavy atom. The Labute approximate surface area is 389 Å². The summed E-state index contributed by atoms with van der Waals surface area (Å²) in [6.07, 6.45) is 7.98. The molecule has 66 heavy (non-hydrogen) atoms. The van der Waals surface area contributed by atoms with Gasteiger partial charge in [0.1, 0.15) is 0 Å². The summed E-state index contributed by atoms with van der Waals surface area (Å²) in [5.41, 5.74) is 10.8. The van der Waals surface area contributed by atoms with E-state index in [0.29, 0.717) is 5.92 Å². The van der Waals surface area contributed by atoms with Crippen LogP contribution in [0, 0.1) is 17.8 Å². The Hall–Kier alpha value is -6.72. The second-order valence-corrected chi connectivity index (χ2v) is 25.6. The number of rotatable bonds is 3. The largest absolute Gasteiger partial charge is 0.309 e. The standard InChI is InChI=1S/C62H50N2S2/c1-40-35-36-62(4)60-42(3)58(37-41(2)59(40)60)65(46-23-17-24-47(39-46)66(62,44-19-7-5-8-20-44)45-21-9-6-10-22-45)56-31-16-15-30-55(56)64-54-34-33-43(38-51(54)50-27-18-32-57(65)61(50)64)63-52-28-13-11-25-48(52)49-26-12-14-29-53(49)63/h5-42H,1-4H3. The van der Waals surface area contributed by atoms with Gasteiger partial charge in [-0.2, -0.15) is 0 Å². The van der Waals surface area contributed by atoms with Gasteiger partial charge in [-0.1, -0.05) is 148 Å². The van der Waals surface area contributed by atoms with E-state index in [9.17, 15) is 0 Å². The molecule has 320 valence electrons. The molecule has 5 unspecified atom stereocenters. The highest BCUT2D eigenvalue weighted by Gasteiger charge is 2.57. The second kappa shape index (κ2) is 13.7. The van der Waals surface area contributed by atoms with Crippen molar-refractivity contribution >= 4 is 63.7 Å². The molecule has 4 heterocycles. The molecule has 5 atom stereocenters. The van der Waals surface area contributed by atoms with E-state index in [0.717, 1.165) is 0 Å². The van der Waals surface area contributed by atoms with Gasteiger partial charge in [0.15, 0.2) is 0 Å². The summed E-state index contributed by atoms with van der Waals surface area (Å²) < 4.78 is 4.78. The first-order chi connectivity index (χ1) is 32.4. The molecule has 0 amide bonds. The van der Waals surface area contributed by atoms with Gasteiger partial charge in [0.05, 0.1) is 27.8 Å². The van der Waals surface area contributed by atoms with Gasteiger partial charge in [-0.15, -0.1) is 20.1 Å². The lowest BCUT2D eigenvalue weighted by Crippen LogP contribution is -2.41. The maximum atomic E-state index is 2.75. The van der Waals surface area contributed by atoms with Crippen molar-refractivity contribution in [1.82, 2.24) is 9.13 Å². The van der Waals surface area contributed by atoms with E-state index in [1.807, 2.05) is 0 Å². The normalized spacial score (nSPS) is 25.0. The zero-order valence-electron chi connectivity index (χ0n) is 37.7. The number of nitrogens with zero attached hydrogens (tertiary/aromatic N) is 2. The van der Waals surface area contributed by atoms with Crippen molar-refractivity contribution in [2.45, 2.75) is 61.8 Å². The Balaban J connectivity index is 1.13. The van der Waals surface area contributed by atoms with Crippen LogP contribution in [0.5, 0.6) is 0 Å². The average molecular weight is 887 g/mol. The van der Waals surface area contributed by atoms with E-state index in [4.69, 9.17) is 0 Å². The van der Waals surface area contributed by atoms with Gasteiger partial charge >= 0.3 is 0 Å². The molecule has 0 radical (unpaired) electrons. The molecule has 2 aromatic heterocycles. The van der Waals surface area contributed by atoms with Crippen LogP contribution in [0.3, 0.4) is 0 Å². The minimum absolute atomic E-state index is 0.179. The molecule has 0 fully saturated rings. The third kappa shape index (κ3) is 4.61. The second-order valence-electron chi connectivity index (χ2n) is 19.1. The summed E-state index contributed by atoms with van der Waals surface area (Å²) in [5, 5.41) is 5.16. The van der Waals surface area contributed by atoms with Crippen LogP contribution >= 0.6 is 20.1 Å². The molecule has 14 rings (SSSR count). The van der Waals surface area contributed by atoms with E-state index in [2.05, 4.69) is 249 Å². The summed E-state index contributed by atoms with van der Waals surface area (Å²) in [6.45, 7) is 10.2. The van der Waals surface area contributed by atoms with Gasteiger partial charge in [0, 0.05) is 57.5 Å². The summed E-state index contributed by atoms with van der Waals surface area (Å²) in [5.74, 6) is 0.788. The maximum absolute atomic E-state index is 2.75. The molecule has 1 spiro atoms. The van der Waals surface area contributed by atoms with E-state index < -0.39 is 20.1 Å².